The maximum atomic E-state index is 13.2. The van der Waals surface area contributed by atoms with Gasteiger partial charge in [0.05, 0.1) is 13.1 Å². The van der Waals surface area contributed by atoms with Gasteiger partial charge in [0.2, 0.25) is 11.8 Å². The fraction of sp³-hybridized carbons (Fsp3) is 0.480. The Morgan fingerprint density at radius 3 is 2.71 bits per heavy atom. The molecule has 2 heterocycles. The predicted octanol–water partition coefficient (Wildman–Crippen LogP) is -0.716. The monoisotopic (exact) mass is 527 g/mol. The van der Waals surface area contributed by atoms with Crippen molar-refractivity contribution < 1.29 is 19.5 Å². The van der Waals surface area contributed by atoms with Crippen LogP contribution in [-0.4, -0.2) is 94.4 Å². The van der Waals surface area contributed by atoms with Gasteiger partial charge in [-0.1, -0.05) is 12.2 Å². The van der Waals surface area contributed by atoms with Gasteiger partial charge in [0.15, 0.2) is 5.96 Å². The number of aromatic amines is 1. The third-order valence-corrected chi connectivity index (χ3v) is 6.31. The predicted molar refractivity (Wildman–Crippen MR) is 142 cm³/mol. The molecule has 0 saturated carbocycles. The lowest BCUT2D eigenvalue weighted by molar-refractivity contribution is -0.146. The van der Waals surface area contributed by atoms with Crippen molar-refractivity contribution in [3.8, 4) is 0 Å². The standard InChI is InChI=1S/C25H37N9O4/c26-25(27)31-8-3-12-33(17-24(37)38)23(36)16-34(22(35)15-28-9-6-21-29-10-11-30-21)13-7-18-14-32-20-5-2-1-4-19(18)20/h1-2,5,10-11,14,19,28,32H,3-4,6-9,12-13,15-17H2,(H,29,30)(H,37,38)(H4,26,27,31). The Kier molecular flexibility index (Phi) is 10.9. The number of rotatable bonds is 16. The topological polar surface area (TPSA) is 195 Å². The second-order valence-corrected chi connectivity index (χ2v) is 9.10. The highest BCUT2D eigenvalue weighted by atomic mass is 16.4. The Bertz CT molecular complexity index is 1070. The first kappa shape index (κ1) is 28.4. The molecule has 0 spiro atoms. The van der Waals surface area contributed by atoms with Gasteiger partial charge in [-0.05, 0) is 30.9 Å². The number of hydrogen-bond acceptors (Lipinski definition) is 7. The van der Waals surface area contributed by atoms with Crippen LogP contribution in [0.1, 0.15) is 25.1 Å². The summed E-state index contributed by atoms with van der Waals surface area (Å²) in [4.78, 5) is 51.5. The van der Waals surface area contributed by atoms with Gasteiger partial charge < -0.3 is 42.0 Å². The Hall–Kier alpha value is -4.13. The van der Waals surface area contributed by atoms with E-state index in [9.17, 15) is 19.5 Å². The van der Waals surface area contributed by atoms with Crippen molar-refractivity contribution in [2.75, 3.05) is 45.8 Å². The number of guanidine groups is 1. The summed E-state index contributed by atoms with van der Waals surface area (Å²) in [5.74, 6) is -0.824. The van der Waals surface area contributed by atoms with Crippen LogP contribution in [0.3, 0.4) is 0 Å². The molecule has 0 radical (unpaired) electrons. The number of nitrogens with two attached hydrogens (primary N) is 2. The highest BCUT2D eigenvalue weighted by Gasteiger charge is 2.27. The number of carbonyl (C=O) groups excluding carboxylic acids is 2. The maximum Gasteiger partial charge on any atom is 0.323 e. The number of nitrogens with zero attached hydrogens (tertiary/aromatic N) is 4. The van der Waals surface area contributed by atoms with Gasteiger partial charge in [-0.15, -0.1) is 0 Å². The largest absolute Gasteiger partial charge is 0.480 e. The zero-order chi connectivity index (χ0) is 27.3. The molecule has 0 saturated heterocycles. The number of H-pyrrole nitrogens is 1. The first-order chi connectivity index (χ1) is 18.3. The Balaban J connectivity index is 1.60. The van der Waals surface area contributed by atoms with Gasteiger partial charge in [0.1, 0.15) is 12.4 Å². The van der Waals surface area contributed by atoms with Crippen molar-refractivity contribution in [2.24, 2.45) is 22.4 Å². The van der Waals surface area contributed by atoms with Crippen LogP contribution in [0.25, 0.3) is 0 Å². The average molecular weight is 528 g/mol. The molecular formula is C25H37N9O4. The summed E-state index contributed by atoms with van der Waals surface area (Å²) in [5, 5.41) is 15.7. The summed E-state index contributed by atoms with van der Waals surface area (Å²) >= 11 is 0. The van der Waals surface area contributed by atoms with E-state index in [1.807, 2.05) is 18.4 Å². The molecule has 13 heteroatoms. The number of allylic oxidation sites excluding steroid dienone is 4. The van der Waals surface area contributed by atoms with Gasteiger partial charge in [-0.3, -0.25) is 19.4 Å². The zero-order valence-corrected chi connectivity index (χ0v) is 21.4. The smallest absolute Gasteiger partial charge is 0.323 e. The van der Waals surface area contributed by atoms with Gasteiger partial charge in [-0.25, -0.2) is 4.98 Å². The zero-order valence-electron chi connectivity index (χ0n) is 21.4. The molecule has 38 heavy (non-hydrogen) atoms. The minimum Gasteiger partial charge on any atom is -0.480 e. The first-order valence-corrected chi connectivity index (χ1v) is 12.7. The molecule has 8 N–H and O–H groups in total. The molecule has 1 aromatic rings. The van der Waals surface area contributed by atoms with Crippen molar-refractivity contribution in [3.63, 3.8) is 0 Å². The van der Waals surface area contributed by atoms with E-state index in [-0.39, 0.29) is 44.0 Å². The van der Waals surface area contributed by atoms with E-state index in [1.165, 1.54) is 9.80 Å². The van der Waals surface area contributed by atoms with E-state index in [2.05, 4.69) is 31.7 Å². The van der Waals surface area contributed by atoms with E-state index >= 15 is 0 Å². The van der Waals surface area contributed by atoms with Gasteiger partial charge in [0, 0.05) is 62.8 Å². The summed E-state index contributed by atoms with van der Waals surface area (Å²) in [7, 11) is 0. The van der Waals surface area contributed by atoms with Gasteiger partial charge >= 0.3 is 5.97 Å². The summed E-state index contributed by atoms with van der Waals surface area (Å²) in [6, 6.07) is 0. The lowest BCUT2D eigenvalue weighted by Crippen LogP contribution is -2.47. The van der Waals surface area contributed by atoms with Crippen LogP contribution in [0.15, 0.2) is 53.1 Å². The molecule has 1 aliphatic heterocycles. The maximum absolute atomic E-state index is 13.2. The van der Waals surface area contributed by atoms with Crippen LogP contribution in [-0.2, 0) is 20.8 Å². The van der Waals surface area contributed by atoms with Crippen molar-refractivity contribution in [1.82, 2.24) is 30.4 Å². The molecule has 1 atom stereocenters. The lowest BCUT2D eigenvalue weighted by atomic mass is 9.90. The highest BCUT2D eigenvalue weighted by molar-refractivity contribution is 5.87. The van der Waals surface area contributed by atoms with E-state index in [4.69, 9.17) is 11.5 Å². The number of aliphatic carboxylic acids is 1. The number of amides is 2. The summed E-state index contributed by atoms with van der Waals surface area (Å²) in [6.07, 6.45) is 14.0. The van der Waals surface area contributed by atoms with E-state index in [0.29, 0.717) is 32.4 Å². The third-order valence-electron chi connectivity index (χ3n) is 6.31. The minimum atomic E-state index is -1.13. The van der Waals surface area contributed by atoms with Crippen LogP contribution in [0, 0.1) is 5.92 Å². The molecule has 1 unspecified atom stereocenters. The van der Waals surface area contributed by atoms with Crippen LogP contribution >= 0.6 is 0 Å². The van der Waals surface area contributed by atoms with Crippen LogP contribution < -0.4 is 22.1 Å². The second kappa shape index (κ2) is 14.6. The van der Waals surface area contributed by atoms with Crippen molar-refractivity contribution in [3.05, 3.63) is 53.9 Å². The molecule has 1 aliphatic carbocycles. The number of imidazole rings is 1. The Labute approximate surface area is 221 Å². The Morgan fingerprint density at radius 1 is 1.16 bits per heavy atom. The lowest BCUT2D eigenvalue weighted by Gasteiger charge is -2.27. The number of aromatic nitrogens is 2. The quantitative estimate of drug-likeness (QED) is 0.0913. The minimum absolute atomic E-state index is 0.0476. The number of nitrogens with one attached hydrogen (secondary N) is 3. The molecule has 0 fully saturated rings. The van der Waals surface area contributed by atoms with E-state index in [1.54, 1.807) is 12.4 Å². The number of fused-ring (bicyclic) bond motifs is 1. The fourth-order valence-electron chi connectivity index (χ4n) is 4.35. The molecule has 2 aliphatic rings. The van der Waals surface area contributed by atoms with E-state index < -0.39 is 18.4 Å². The van der Waals surface area contributed by atoms with Crippen LogP contribution in [0.2, 0.25) is 0 Å². The fourth-order valence-corrected chi connectivity index (χ4v) is 4.35. The van der Waals surface area contributed by atoms with Crippen molar-refractivity contribution in [1.29, 1.82) is 0 Å². The summed E-state index contributed by atoms with van der Waals surface area (Å²) in [5.41, 5.74) is 13.0. The summed E-state index contributed by atoms with van der Waals surface area (Å²) in [6.45, 7) is 0.648. The molecule has 0 bridgehead atoms. The average Bonchev–Trinajstić information content (AvgIpc) is 3.55. The number of carbonyl (C=O) groups is 3. The number of carboxylic acid groups (broad SMARTS) is 1. The van der Waals surface area contributed by atoms with Crippen LogP contribution in [0.5, 0.6) is 0 Å². The Morgan fingerprint density at radius 2 is 1.97 bits per heavy atom. The highest BCUT2D eigenvalue weighted by Crippen LogP contribution is 2.32. The normalized spacial score (nSPS) is 15.6. The molecule has 206 valence electrons. The van der Waals surface area contributed by atoms with Gasteiger partial charge in [-0.2, -0.15) is 0 Å². The molecule has 0 aromatic carbocycles. The number of hydrogen-bond donors (Lipinski definition) is 6. The van der Waals surface area contributed by atoms with Crippen molar-refractivity contribution in [2.45, 2.75) is 25.7 Å². The number of carboxylic acids is 1. The SMILES string of the molecule is NC(N)=NCCCN(CC(=O)O)C(=O)CN(CCC1=CNC2=CC=CCC12)C(=O)CNCCc1ncc[nH]1. The number of aliphatic imine (C=N–C) groups is 1. The summed E-state index contributed by atoms with van der Waals surface area (Å²) < 4.78 is 0. The molecule has 13 nitrogen and oxygen atoms in total. The molecular weight excluding hydrogens is 490 g/mol. The first-order valence-electron chi connectivity index (χ1n) is 12.7. The van der Waals surface area contributed by atoms with E-state index in [0.717, 1.165) is 23.5 Å². The molecule has 2 amide bonds. The van der Waals surface area contributed by atoms with Crippen molar-refractivity contribution >= 4 is 23.7 Å². The third kappa shape index (κ3) is 9.07. The molecule has 3 rings (SSSR count). The second-order valence-electron chi connectivity index (χ2n) is 9.10. The van der Waals surface area contributed by atoms with Crippen LogP contribution in [0.4, 0.5) is 0 Å². The molecule has 1 aromatic heterocycles. The van der Waals surface area contributed by atoms with Gasteiger partial charge in [0.25, 0.3) is 0 Å².